The molecule has 0 unspecified atom stereocenters. The fourth-order valence-corrected chi connectivity index (χ4v) is 6.34. The van der Waals surface area contributed by atoms with Crippen LogP contribution in [0.5, 0.6) is 17.2 Å². The fourth-order valence-electron chi connectivity index (χ4n) is 4.40. The molecule has 11 nitrogen and oxygen atoms in total. The van der Waals surface area contributed by atoms with Gasteiger partial charge in [-0.15, -0.1) is 0 Å². The number of hydrogen-bond acceptors (Lipinski definition) is 9. The van der Waals surface area contributed by atoms with Crippen molar-refractivity contribution in [2.45, 2.75) is 28.9 Å². The van der Waals surface area contributed by atoms with Crippen molar-refractivity contribution < 1.29 is 42.9 Å². The lowest BCUT2D eigenvalue weighted by atomic mass is 9.98. The second kappa shape index (κ2) is 11.3. The first kappa shape index (κ1) is 27.2. The Labute approximate surface area is 218 Å². The number of phenols is 2. The molecule has 3 aromatic carbocycles. The van der Waals surface area contributed by atoms with Crippen LogP contribution in [0.1, 0.15) is 29.6 Å². The van der Waals surface area contributed by atoms with Gasteiger partial charge < -0.3 is 25.0 Å². The summed E-state index contributed by atoms with van der Waals surface area (Å²) < 4.78 is 35.6. The van der Waals surface area contributed by atoms with Gasteiger partial charge in [-0.05, 0) is 67.1 Å². The molecule has 4 rings (SSSR count). The quantitative estimate of drug-likeness (QED) is 0.154. The molecule has 5 N–H and O–H groups in total. The summed E-state index contributed by atoms with van der Waals surface area (Å²) in [7, 11) is -4.13. The average molecular weight is 545 g/mol. The molecular formula is C26H28N2O9S. The third kappa shape index (κ3) is 5.23. The van der Waals surface area contributed by atoms with Crippen molar-refractivity contribution in [3.8, 4) is 17.2 Å². The number of hydrogen-bond donors (Lipinski definition) is 5. The second-order valence-electron chi connectivity index (χ2n) is 8.85. The van der Waals surface area contributed by atoms with Gasteiger partial charge >= 0.3 is 0 Å². The minimum absolute atomic E-state index is 0.00582. The predicted molar refractivity (Wildman–Crippen MR) is 136 cm³/mol. The number of sulfone groups is 1. The van der Waals surface area contributed by atoms with Gasteiger partial charge in [0.1, 0.15) is 17.2 Å². The van der Waals surface area contributed by atoms with E-state index in [-0.39, 0.29) is 61.2 Å². The Balaban J connectivity index is 1.31. The highest BCUT2D eigenvalue weighted by atomic mass is 32.2. The summed E-state index contributed by atoms with van der Waals surface area (Å²) in [6.45, 7) is 0.630. The summed E-state index contributed by atoms with van der Waals surface area (Å²) in [5.41, 5.74) is 1.56. The van der Waals surface area contributed by atoms with Crippen LogP contribution in [0.4, 0.5) is 0 Å². The number of benzene rings is 3. The standard InChI is InChI=1S/C26H28N2O9S/c29-22-4-1-3-17-15-21(23(30)16-20(17)22)24(31)27-11-2-12-37-18-5-7-19(8-6-18)38(34,35)26(25(32)28-33)9-13-36-14-10-26/h1,3-8,15-16,29-30,33H,2,9-14H2,(H,27,31)(H,28,32). The summed E-state index contributed by atoms with van der Waals surface area (Å²) in [5.74, 6) is -1.31. The van der Waals surface area contributed by atoms with Gasteiger partial charge in [-0.25, -0.2) is 13.9 Å². The summed E-state index contributed by atoms with van der Waals surface area (Å²) in [6.07, 6.45) is 0.275. The lowest BCUT2D eigenvalue weighted by molar-refractivity contribution is -0.134. The zero-order valence-corrected chi connectivity index (χ0v) is 21.2. The number of carbonyl (C=O) groups excluding carboxylic acids is 2. The van der Waals surface area contributed by atoms with Gasteiger partial charge in [-0.2, -0.15) is 0 Å². The molecule has 0 atom stereocenters. The van der Waals surface area contributed by atoms with E-state index < -0.39 is 26.4 Å². The topological polar surface area (TPSA) is 171 Å². The van der Waals surface area contributed by atoms with Crippen LogP contribution in [0, 0.1) is 0 Å². The number of nitrogens with one attached hydrogen (secondary N) is 2. The Morgan fingerprint density at radius 1 is 1.00 bits per heavy atom. The maximum absolute atomic E-state index is 13.3. The van der Waals surface area contributed by atoms with Gasteiger partial charge in [0.25, 0.3) is 11.8 Å². The molecule has 1 fully saturated rings. The normalized spacial score (nSPS) is 15.1. The molecule has 0 spiro atoms. The first-order valence-corrected chi connectivity index (χ1v) is 13.4. The maximum atomic E-state index is 13.3. The molecule has 1 aliphatic rings. The lowest BCUT2D eigenvalue weighted by Gasteiger charge is -2.34. The fraction of sp³-hybridized carbons (Fsp3) is 0.308. The molecule has 2 amide bonds. The Morgan fingerprint density at radius 2 is 1.71 bits per heavy atom. The molecule has 3 aromatic rings. The van der Waals surface area contributed by atoms with E-state index in [1.165, 1.54) is 47.9 Å². The minimum atomic E-state index is -4.13. The van der Waals surface area contributed by atoms with Crippen LogP contribution in [0.2, 0.25) is 0 Å². The third-order valence-corrected chi connectivity index (χ3v) is 9.07. The number of carbonyl (C=O) groups is 2. The van der Waals surface area contributed by atoms with E-state index in [0.717, 1.165) is 0 Å². The first-order chi connectivity index (χ1) is 18.2. The van der Waals surface area contributed by atoms with Gasteiger partial charge in [-0.3, -0.25) is 14.8 Å². The van der Waals surface area contributed by atoms with E-state index in [1.807, 2.05) is 0 Å². The summed E-state index contributed by atoms with van der Waals surface area (Å²) in [4.78, 5) is 24.8. The number of amides is 2. The molecule has 0 radical (unpaired) electrons. The van der Waals surface area contributed by atoms with Crippen LogP contribution in [-0.2, 0) is 19.4 Å². The number of phenolic OH excluding ortho intramolecular Hbond substituents is 2. The molecule has 12 heteroatoms. The molecule has 1 aliphatic heterocycles. The first-order valence-electron chi connectivity index (χ1n) is 11.9. The van der Waals surface area contributed by atoms with E-state index in [9.17, 15) is 28.2 Å². The summed E-state index contributed by atoms with van der Waals surface area (Å²) >= 11 is 0. The molecule has 0 aliphatic carbocycles. The van der Waals surface area contributed by atoms with Crippen molar-refractivity contribution in [2.24, 2.45) is 0 Å². The van der Waals surface area contributed by atoms with E-state index in [2.05, 4.69) is 5.32 Å². The number of ether oxygens (including phenoxy) is 2. The van der Waals surface area contributed by atoms with Gasteiger partial charge in [0.05, 0.1) is 17.1 Å². The monoisotopic (exact) mass is 544 g/mol. The summed E-state index contributed by atoms with van der Waals surface area (Å²) in [6, 6.07) is 13.3. The van der Waals surface area contributed by atoms with Crippen molar-refractivity contribution in [3.05, 3.63) is 60.2 Å². The highest BCUT2D eigenvalue weighted by molar-refractivity contribution is 7.93. The van der Waals surface area contributed by atoms with Crippen molar-refractivity contribution in [1.82, 2.24) is 10.8 Å². The number of fused-ring (bicyclic) bond motifs is 1. The van der Waals surface area contributed by atoms with Crippen molar-refractivity contribution in [2.75, 3.05) is 26.4 Å². The van der Waals surface area contributed by atoms with Gasteiger partial charge in [-0.1, -0.05) is 12.1 Å². The average Bonchev–Trinajstić information content (AvgIpc) is 2.93. The van der Waals surface area contributed by atoms with Gasteiger partial charge in [0.2, 0.25) is 0 Å². The molecule has 202 valence electrons. The smallest absolute Gasteiger partial charge is 0.265 e. The number of aromatic hydroxyl groups is 2. The van der Waals surface area contributed by atoms with E-state index in [1.54, 1.807) is 12.1 Å². The van der Waals surface area contributed by atoms with E-state index in [0.29, 0.717) is 22.9 Å². The second-order valence-corrected chi connectivity index (χ2v) is 11.1. The van der Waals surface area contributed by atoms with Crippen molar-refractivity contribution in [3.63, 3.8) is 0 Å². The SMILES string of the molecule is O=C(NCCCOc1ccc(S(=O)(=O)C2(C(=O)NO)CCOCC2)cc1)c1cc2cccc(O)c2cc1O. The van der Waals surface area contributed by atoms with Crippen molar-refractivity contribution in [1.29, 1.82) is 0 Å². The van der Waals surface area contributed by atoms with Crippen LogP contribution in [-0.4, -0.2) is 66.8 Å². The Kier molecular flexibility index (Phi) is 8.05. The molecule has 0 saturated carbocycles. The van der Waals surface area contributed by atoms with Crippen LogP contribution in [0.15, 0.2) is 59.5 Å². The van der Waals surface area contributed by atoms with E-state index >= 15 is 0 Å². The van der Waals surface area contributed by atoms with Crippen LogP contribution < -0.4 is 15.5 Å². The van der Waals surface area contributed by atoms with Crippen LogP contribution in [0.3, 0.4) is 0 Å². The third-order valence-electron chi connectivity index (χ3n) is 6.56. The van der Waals surface area contributed by atoms with Crippen LogP contribution in [0.25, 0.3) is 10.8 Å². The van der Waals surface area contributed by atoms with Crippen LogP contribution >= 0.6 is 0 Å². The van der Waals surface area contributed by atoms with Gasteiger partial charge in [0, 0.05) is 25.1 Å². The molecule has 0 aromatic heterocycles. The molecule has 38 heavy (non-hydrogen) atoms. The van der Waals surface area contributed by atoms with E-state index in [4.69, 9.17) is 14.7 Å². The Hall–Kier alpha value is -3.87. The lowest BCUT2D eigenvalue weighted by Crippen LogP contribution is -2.54. The highest BCUT2D eigenvalue weighted by Crippen LogP contribution is 2.36. The summed E-state index contributed by atoms with van der Waals surface area (Å²) in [5, 5.41) is 33.0. The molecule has 1 saturated heterocycles. The minimum Gasteiger partial charge on any atom is -0.507 e. The molecule has 0 bridgehead atoms. The van der Waals surface area contributed by atoms with Gasteiger partial charge in [0.15, 0.2) is 14.6 Å². The zero-order valence-electron chi connectivity index (χ0n) is 20.3. The van der Waals surface area contributed by atoms with Crippen molar-refractivity contribution >= 4 is 32.4 Å². The zero-order chi connectivity index (χ0) is 27.3. The number of hydroxylamine groups is 1. The highest BCUT2D eigenvalue weighted by Gasteiger charge is 2.52. The maximum Gasteiger partial charge on any atom is 0.265 e. The number of rotatable bonds is 9. The Bertz CT molecular complexity index is 1430. The predicted octanol–water partition coefficient (Wildman–Crippen LogP) is 2.28. The Morgan fingerprint density at radius 3 is 2.39 bits per heavy atom. The molecule has 1 heterocycles. The molecular weight excluding hydrogens is 516 g/mol. The largest absolute Gasteiger partial charge is 0.507 e.